The molecule has 0 saturated carbocycles. The number of para-hydroxylation sites is 1. The predicted molar refractivity (Wildman–Crippen MR) is 65.6 cm³/mol. The van der Waals surface area contributed by atoms with Gasteiger partial charge in [0, 0.05) is 11.6 Å². The summed E-state index contributed by atoms with van der Waals surface area (Å²) in [5, 5.41) is 7.10. The van der Waals surface area contributed by atoms with Crippen LogP contribution in [0.3, 0.4) is 0 Å². The summed E-state index contributed by atoms with van der Waals surface area (Å²) in [6.45, 7) is 2.07. The Balaban J connectivity index is 2.13. The van der Waals surface area contributed by atoms with Crippen LogP contribution in [0.25, 0.3) is 0 Å². The van der Waals surface area contributed by atoms with Crippen LogP contribution in [0, 0.1) is 0 Å². The smallest absolute Gasteiger partial charge is 0.115 e. The van der Waals surface area contributed by atoms with Gasteiger partial charge >= 0.3 is 0 Å². The molecule has 78 valence electrons. The van der Waals surface area contributed by atoms with Gasteiger partial charge < -0.3 is 5.32 Å². The molecule has 2 rings (SSSR count). The van der Waals surface area contributed by atoms with Crippen LogP contribution in [0.5, 0.6) is 0 Å². The molecule has 0 aliphatic rings. The molecule has 0 saturated heterocycles. The van der Waals surface area contributed by atoms with Crippen molar-refractivity contribution in [1.82, 2.24) is 4.98 Å². The van der Waals surface area contributed by atoms with Gasteiger partial charge in [-0.2, -0.15) is 0 Å². The zero-order valence-electron chi connectivity index (χ0n) is 8.27. The molecular weight excluding hydrogens is 228 g/mol. The van der Waals surface area contributed by atoms with Crippen LogP contribution in [0.4, 0.5) is 5.69 Å². The van der Waals surface area contributed by atoms with Gasteiger partial charge in [0.15, 0.2) is 0 Å². The molecule has 1 heterocycles. The predicted octanol–water partition coefficient (Wildman–Crippen LogP) is 3.97. The van der Waals surface area contributed by atoms with Gasteiger partial charge in [-0.3, -0.25) is 0 Å². The summed E-state index contributed by atoms with van der Waals surface area (Å²) in [6, 6.07) is 7.90. The fourth-order valence-electron chi connectivity index (χ4n) is 1.32. The van der Waals surface area contributed by atoms with E-state index in [1.54, 1.807) is 11.3 Å². The van der Waals surface area contributed by atoms with E-state index in [9.17, 15) is 0 Å². The first kappa shape index (κ1) is 10.5. The van der Waals surface area contributed by atoms with Crippen LogP contribution >= 0.6 is 22.9 Å². The molecule has 1 atom stereocenters. The highest BCUT2D eigenvalue weighted by molar-refractivity contribution is 7.09. The van der Waals surface area contributed by atoms with E-state index in [-0.39, 0.29) is 6.04 Å². The number of rotatable bonds is 3. The Hall–Kier alpha value is -1.06. The lowest BCUT2D eigenvalue weighted by Crippen LogP contribution is -2.06. The van der Waals surface area contributed by atoms with Crippen LogP contribution in [-0.4, -0.2) is 4.98 Å². The number of hydrogen-bond donors (Lipinski definition) is 1. The Morgan fingerprint density at radius 1 is 1.40 bits per heavy atom. The Kier molecular flexibility index (Phi) is 3.23. The van der Waals surface area contributed by atoms with Crippen molar-refractivity contribution in [2.24, 2.45) is 0 Å². The van der Waals surface area contributed by atoms with E-state index in [1.807, 2.05) is 35.8 Å². The number of aromatic nitrogens is 1. The van der Waals surface area contributed by atoms with Gasteiger partial charge in [0.1, 0.15) is 5.01 Å². The third-order valence-corrected chi connectivity index (χ3v) is 3.36. The molecule has 0 aliphatic carbocycles. The fourth-order valence-corrected chi connectivity index (χ4v) is 2.16. The van der Waals surface area contributed by atoms with Crippen LogP contribution in [0.15, 0.2) is 35.8 Å². The summed E-state index contributed by atoms with van der Waals surface area (Å²) in [4.78, 5) is 4.25. The molecule has 1 unspecified atom stereocenters. The SMILES string of the molecule is CC(Nc1ccccc1Cl)c1nccs1. The van der Waals surface area contributed by atoms with Gasteiger partial charge in [0.05, 0.1) is 16.8 Å². The van der Waals surface area contributed by atoms with Gasteiger partial charge in [-0.25, -0.2) is 4.98 Å². The lowest BCUT2D eigenvalue weighted by Gasteiger charge is -2.13. The normalized spacial score (nSPS) is 12.4. The molecule has 4 heteroatoms. The van der Waals surface area contributed by atoms with Crippen molar-refractivity contribution in [3.8, 4) is 0 Å². The van der Waals surface area contributed by atoms with Gasteiger partial charge in [-0.15, -0.1) is 11.3 Å². The molecule has 2 nitrogen and oxygen atoms in total. The molecule has 0 bridgehead atoms. The molecule has 1 aromatic heterocycles. The summed E-state index contributed by atoms with van der Waals surface area (Å²) in [5.74, 6) is 0. The van der Waals surface area contributed by atoms with Gasteiger partial charge in [-0.1, -0.05) is 23.7 Å². The molecule has 2 aromatic rings. The van der Waals surface area contributed by atoms with Crippen molar-refractivity contribution in [2.45, 2.75) is 13.0 Å². The molecule has 0 aliphatic heterocycles. The summed E-state index contributed by atoms with van der Waals surface area (Å²) >= 11 is 7.69. The Morgan fingerprint density at radius 2 is 2.20 bits per heavy atom. The van der Waals surface area contributed by atoms with E-state index in [0.29, 0.717) is 0 Å². The number of anilines is 1. The topological polar surface area (TPSA) is 24.9 Å². The number of halogens is 1. The minimum atomic E-state index is 0.185. The summed E-state index contributed by atoms with van der Waals surface area (Å²) in [6.07, 6.45) is 1.81. The number of nitrogens with zero attached hydrogens (tertiary/aromatic N) is 1. The fraction of sp³-hybridized carbons (Fsp3) is 0.182. The summed E-state index contributed by atoms with van der Waals surface area (Å²) in [7, 11) is 0. The second kappa shape index (κ2) is 4.64. The summed E-state index contributed by atoms with van der Waals surface area (Å²) < 4.78 is 0. The van der Waals surface area contributed by atoms with Crippen molar-refractivity contribution in [2.75, 3.05) is 5.32 Å². The van der Waals surface area contributed by atoms with E-state index < -0.39 is 0 Å². The average molecular weight is 239 g/mol. The van der Waals surface area contributed by atoms with Gasteiger partial charge in [0.2, 0.25) is 0 Å². The molecule has 1 N–H and O–H groups in total. The molecule has 0 fully saturated rings. The van der Waals surface area contributed by atoms with E-state index in [4.69, 9.17) is 11.6 Å². The third-order valence-electron chi connectivity index (χ3n) is 2.07. The highest BCUT2D eigenvalue weighted by Gasteiger charge is 2.08. The number of nitrogens with one attached hydrogen (secondary N) is 1. The zero-order chi connectivity index (χ0) is 10.7. The molecule has 1 aromatic carbocycles. The summed E-state index contributed by atoms with van der Waals surface area (Å²) in [5.41, 5.74) is 0.946. The third kappa shape index (κ3) is 2.49. The maximum Gasteiger partial charge on any atom is 0.115 e. The standard InChI is InChI=1S/C11H11ClN2S/c1-8(11-13-6-7-15-11)14-10-5-3-2-4-9(10)12/h2-8,14H,1H3. The lowest BCUT2D eigenvalue weighted by molar-refractivity contribution is 0.870. The lowest BCUT2D eigenvalue weighted by atomic mass is 10.3. The Morgan fingerprint density at radius 3 is 2.87 bits per heavy atom. The van der Waals surface area contributed by atoms with Crippen molar-refractivity contribution >= 4 is 28.6 Å². The van der Waals surface area contributed by atoms with Crippen LogP contribution < -0.4 is 5.32 Å². The largest absolute Gasteiger partial charge is 0.375 e. The highest BCUT2D eigenvalue weighted by Crippen LogP contribution is 2.26. The highest BCUT2D eigenvalue weighted by atomic mass is 35.5. The maximum atomic E-state index is 6.05. The first-order valence-corrected chi connectivity index (χ1v) is 5.93. The van der Waals surface area contributed by atoms with Gasteiger partial charge in [0.25, 0.3) is 0 Å². The van der Waals surface area contributed by atoms with Crippen molar-refractivity contribution < 1.29 is 0 Å². The second-order valence-electron chi connectivity index (χ2n) is 3.22. The van der Waals surface area contributed by atoms with E-state index >= 15 is 0 Å². The Bertz CT molecular complexity index is 428. The van der Waals surface area contributed by atoms with Crippen molar-refractivity contribution in [3.05, 3.63) is 45.9 Å². The first-order valence-electron chi connectivity index (χ1n) is 4.68. The number of benzene rings is 1. The van der Waals surface area contributed by atoms with Crippen LogP contribution in [0.1, 0.15) is 18.0 Å². The number of thiazole rings is 1. The minimum absolute atomic E-state index is 0.185. The number of hydrogen-bond acceptors (Lipinski definition) is 3. The van der Waals surface area contributed by atoms with E-state index in [0.717, 1.165) is 15.7 Å². The van der Waals surface area contributed by atoms with Crippen LogP contribution in [-0.2, 0) is 0 Å². The molecule has 0 amide bonds. The zero-order valence-corrected chi connectivity index (χ0v) is 9.85. The molecule has 0 radical (unpaired) electrons. The quantitative estimate of drug-likeness (QED) is 0.875. The average Bonchev–Trinajstić information content (AvgIpc) is 2.74. The monoisotopic (exact) mass is 238 g/mol. The van der Waals surface area contributed by atoms with Gasteiger partial charge in [-0.05, 0) is 19.1 Å². The Labute approximate surface area is 97.9 Å². The van der Waals surface area contributed by atoms with Crippen molar-refractivity contribution in [1.29, 1.82) is 0 Å². The van der Waals surface area contributed by atoms with E-state index in [2.05, 4.69) is 17.2 Å². The molecule has 15 heavy (non-hydrogen) atoms. The molecule has 0 spiro atoms. The van der Waals surface area contributed by atoms with E-state index in [1.165, 1.54) is 0 Å². The second-order valence-corrected chi connectivity index (χ2v) is 4.55. The maximum absolute atomic E-state index is 6.05. The van der Waals surface area contributed by atoms with Crippen molar-refractivity contribution in [3.63, 3.8) is 0 Å². The van der Waals surface area contributed by atoms with Crippen LogP contribution in [0.2, 0.25) is 5.02 Å². The molecular formula is C11H11ClN2S. The first-order chi connectivity index (χ1) is 7.27. The minimum Gasteiger partial charge on any atom is -0.375 e.